The van der Waals surface area contributed by atoms with E-state index in [1.165, 1.54) is 17.5 Å². The second-order valence-corrected chi connectivity index (χ2v) is 12.1. The number of pyridine rings is 1. The highest BCUT2D eigenvalue weighted by atomic mass is 19.1. The number of likely N-dealkylation sites (tertiary alicyclic amines) is 1. The molecular weight excluding hydrogens is 533 g/mol. The Bertz CT molecular complexity index is 1520. The smallest absolute Gasteiger partial charge is 0.234 e. The van der Waals surface area contributed by atoms with Gasteiger partial charge >= 0.3 is 0 Å². The topological polar surface area (TPSA) is 84.1 Å². The van der Waals surface area contributed by atoms with Crippen molar-refractivity contribution in [1.82, 2.24) is 15.2 Å². The fourth-order valence-corrected chi connectivity index (χ4v) is 7.24. The van der Waals surface area contributed by atoms with Crippen LogP contribution < -0.4 is 5.32 Å². The van der Waals surface area contributed by atoms with Gasteiger partial charge in [-0.3, -0.25) is 24.8 Å². The first-order valence-electron chi connectivity index (χ1n) is 15.3. The largest absolute Gasteiger partial charge is 0.374 e. The molecule has 1 aliphatic carbocycles. The summed E-state index contributed by atoms with van der Waals surface area (Å²) in [5, 5.41) is 2.76. The van der Waals surface area contributed by atoms with Crippen LogP contribution in [0.3, 0.4) is 0 Å². The van der Waals surface area contributed by atoms with E-state index in [4.69, 9.17) is 9.47 Å². The Morgan fingerprint density at radius 1 is 1.12 bits per heavy atom. The molecule has 3 atom stereocenters. The Kier molecular flexibility index (Phi) is 7.44. The molecule has 0 bridgehead atoms. The number of hydrogen-bond acceptors (Lipinski definition) is 6. The molecule has 4 aliphatic rings. The second kappa shape index (κ2) is 10.8. The molecule has 0 radical (unpaired) electrons. The highest BCUT2D eigenvalue weighted by Gasteiger charge is 2.70. The maximum absolute atomic E-state index is 16.1. The summed E-state index contributed by atoms with van der Waals surface area (Å²) in [4.78, 5) is 30.8. The van der Waals surface area contributed by atoms with Gasteiger partial charge in [0.2, 0.25) is 11.8 Å². The number of fused-ring (bicyclic) bond motifs is 2. The first-order chi connectivity index (χ1) is 20.3. The van der Waals surface area contributed by atoms with Crippen LogP contribution in [0.2, 0.25) is 0 Å². The minimum Gasteiger partial charge on any atom is -0.374 e. The molecule has 8 heteroatoms. The zero-order chi connectivity index (χ0) is 29.7. The molecule has 1 aromatic heterocycles. The molecular formula is C34H40FN3O4. The van der Waals surface area contributed by atoms with E-state index in [1.807, 2.05) is 26.0 Å². The maximum atomic E-state index is 16.1. The summed E-state index contributed by atoms with van der Waals surface area (Å²) in [5.41, 5.74) is 2.94. The van der Waals surface area contributed by atoms with Gasteiger partial charge in [-0.2, -0.15) is 0 Å². The zero-order valence-electron chi connectivity index (χ0n) is 25.0. The van der Waals surface area contributed by atoms with Gasteiger partial charge in [0.15, 0.2) is 0 Å². The molecule has 1 N–H and O–H groups in total. The number of carbonyl (C=O) groups excluding carboxylic acids is 2. The molecule has 222 valence electrons. The third kappa shape index (κ3) is 4.64. The highest BCUT2D eigenvalue weighted by molar-refractivity contribution is 6.01. The lowest BCUT2D eigenvalue weighted by molar-refractivity contribution is -0.134. The molecule has 3 unspecified atom stereocenters. The molecule has 7 rings (SSSR count). The molecule has 2 amide bonds. The van der Waals surface area contributed by atoms with Gasteiger partial charge in [0.1, 0.15) is 17.0 Å². The SMILES string of the molecule is CC.COC1(c2ccc(CN3CCC4(c5ccc6ncc(C7CCC(=O)NC7=O)cc6c5F)OC4(C)C3)cc2)CCC1. The number of nitrogens with zero attached hydrogens (tertiary/aromatic N) is 2. The second-order valence-electron chi connectivity index (χ2n) is 12.1. The predicted octanol–water partition coefficient (Wildman–Crippen LogP) is 5.84. The number of aromatic nitrogens is 1. The molecule has 3 saturated heterocycles. The molecule has 3 aliphatic heterocycles. The van der Waals surface area contributed by atoms with Crippen LogP contribution in [0.25, 0.3) is 10.9 Å². The number of carbonyl (C=O) groups is 2. The summed E-state index contributed by atoms with van der Waals surface area (Å²) in [7, 11) is 1.80. The van der Waals surface area contributed by atoms with Gasteiger partial charge in [-0.1, -0.05) is 44.2 Å². The minimum atomic E-state index is -0.675. The fraction of sp³-hybridized carbons (Fsp3) is 0.500. The van der Waals surface area contributed by atoms with Crippen LogP contribution in [0.1, 0.15) is 87.5 Å². The lowest BCUT2D eigenvalue weighted by atomic mass is 9.75. The Hall–Kier alpha value is -3.20. The monoisotopic (exact) mass is 573 g/mol. The number of imide groups is 1. The lowest BCUT2D eigenvalue weighted by Gasteiger charge is -2.41. The van der Waals surface area contributed by atoms with E-state index in [-0.39, 0.29) is 29.7 Å². The first kappa shape index (κ1) is 28.9. The third-order valence-electron chi connectivity index (χ3n) is 9.85. The standard InChI is InChI=1S/C32H34FN3O4.C2H6/c1-30-19-36(18-20-4-6-22(7-5-20)31(39-2)12-3-13-31)15-14-32(30,40-30)25-9-10-26-24(28(25)33)16-21(17-34-26)23-8-11-27(37)35-29(23)38;1-2/h4-7,9-10,16-17,23H,3,8,11-15,18-19H2,1-2H3,(H,35,37,38);1-2H3. The van der Waals surface area contributed by atoms with Crippen molar-refractivity contribution in [3.63, 3.8) is 0 Å². The van der Waals surface area contributed by atoms with E-state index in [2.05, 4.69) is 46.4 Å². The van der Waals surface area contributed by atoms with Crippen molar-refractivity contribution in [3.05, 3.63) is 76.7 Å². The quantitative estimate of drug-likeness (QED) is 0.295. The van der Waals surface area contributed by atoms with Crippen molar-refractivity contribution in [2.45, 2.75) is 88.6 Å². The summed E-state index contributed by atoms with van der Waals surface area (Å²) in [6.07, 6.45) is 6.33. The van der Waals surface area contributed by atoms with Crippen molar-refractivity contribution in [3.8, 4) is 0 Å². The van der Waals surface area contributed by atoms with Crippen molar-refractivity contribution in [1.29, 1.82) is 0 Å². The van der Waals surface area contributed by atoms with Crippen LogP contribution in [0.5, 0.6) is 0 Å². The molecule has 42 heavy (non-hydrogen) atoms. The number of nitrogens with one attached hydrogen (secondary N) is 1. The average molecular weight is 574 g/mol. The van der Waals surface area contributed by atoms with Gasteiger partial charge in [0, 0.05) is 50.3 Å². The first-order valence-corrected chi connectivity index (χ1v) is 15.3. The van der Waals surface area contributed by atoms with Gasteiger partial charge in [0.25, 0.3) is 0 Å². The predicted molar refractivity (Wildman–Crippen MR) is 158 cm³/mol. The summed E-state index contributed by atoms with van der Waals surface area (Å²) >= 11 is 0. The van der Waals surface area contributed by atoms with Crippen molar-refractivity contribution >= 4 is 22.7 Å². The average Bonchev–Trinajstić information content (AvgIpc) is 3.60. The van der Waals surface area contributed by atoms with Crippen LogP contribution in [0, 0.1) is 5.82 Å². The van der Waals surface area contributed by atoms with Crippen LogP contribution in [0.4, 0.5) is 4.39 Å². The minimum absolute atomic E-state index is 0.110. The number of amides is 2. The van der Waals surface area contributed by atoms with E-state index < -0.39 is 17.1 Å². The van der Waals surface area contributed by atoms with Crippen molar-refractivity contribution in [2.24, 2.45) is 0 Å². The van der Waals surface area contributed by atoms with Gasteiger partial charge in [-0.05, 0) is 67.9 Å². The Labute approximate surface area is 246 Å². The summed E-state index contributed by atoms with van der Waals surface area (Å²) in [5.74, 6) is -1.47. The number of piperidine rings is 2. The van der Waals surface area contributed by atoms with Crippen molar-refractivity contribution in [2.75, 3.05) is 20.2 Å². The zero-order valence-corrected chi connectivity index (χ0v) is 25.0. The molecule has 2 aromatic carbocycles. The Morgan fingerprint density at radius 2 is 1.88 bits per heavy atom. The molecule has 4 fully saturated rings. The van der Waals surface area contributed by atoms with E-state index in [0.717, 1.165) is 25.9 Å². The number of ether oxygens (including phenoxy) is 2. The number of epoxide rings is 1. The molecule has 0 spiro atoms. The van der Waals surface area contributed by atoms with E-state index in [0.29, 0.717) is 41.4 Å². The lowest BCUT2D eigenvalue weighted by Crippen LogP contribution is -2.44. The van der Waals surface area contributed by atoms with E-state index in [9.17, 15) is 9.59 Å². The summed E-state index contributed by atoms with van der Waals surface area (Å²) < 4.78 is 28.4. The highest BCUT2D eigenvalue weighted by Crippen LogP contribution is 2.61. The Balaban J connectivity index is 0.00000155. The van der Waals surface area contributed by atoms with Crippen molar-refractivity contribution < 1.29 is 23.5 Å². The summed E-state index contributed by atoms with van der Waals surface area (Å²) in [6.45, 7) is 8.39. The van der Waals surface area contributed by atoms with E-state index in [1.54, 1.807) is 19.4 Å². The number of benzene rings is 2. The normalized spacial score (nSPS) is 28.3. The van der Waals surface area contributed by atoms with Crippen LogP contribution in [-0.2, 0) is 36.8 Å². The summed E-state index contributed by atoms with van der Waals surface area (Å²) in [6, 6.07) is 14.1. The number of halogens is 1. The molecule has 3 aromatic rings. The van der Waals surface area contributed by atoms with Crippen LogP contribution in [-0.4, -0.2) is 47.5 Å². The van der Waals surface area contributed by atoms with Gasteiger partial charge < -0.3 is 9.47 Å². The van der Waals surface area contributed by atoms with Gasteiger partial charge in [-0.15, -0.1) is 0 Å². The molecule has 7 nitrogen and oxygen atoms in total. The third-order valence-corrected chi connectivity index (χ3v) is 9.85. The van der Waals surface area contributed by atoms with Crippen LogP contribution in [0.15, 0.2) is 48.7 Å². The van der Waals surface area contributed by atoms with Gasteiger partial charge in [-0.25, -0.2) is 4.39 Å². The van der Waals surface area contributed by atoms with Crippen LogP contribution >= 0.6 is 0 Å². The molecule has 4 heterocycles. The number of rotatable bonds is 6. The van der Waals surface area contributed by atoms with Gasteiger partial charge in [0.05, 0.1) is 17.0 Å². The number of methoxy groups -OCH3 is 1. The Morgan fingerprint density at radius 3 is 2.52 bits per heavy atom. The van der Waals surface area contributed by atoms with E-state index >= 15 is 4.39 Å². The molecule has 1 saturated carbocycles. The number of hydrogen-bond donors (Lipinski definition) is 1. The maximum Gasteiger partial charge on any atom is 0.234 e. The fourth-order valence-electron chi connectivity index (χ4n) is 7.24.